The maximum absolute atomic E-state index is 12.7. The minimum Gasteiger partial charge on any atom is -0.489 e. The van der Waals surface area contributed by atoms with E-state index in [9.17, 15) is 9.59 Å². The number of rotatable bonds is 6. The van der Waals surface area contributed by atoms with E-state index >= 15 is 0 Å². The number of anilines is 1. The van der Waals surface area contributed by atoms with Crippen molar-refractivity contribution >= 4 is 17.5 Å². The van der Waals surface area contributed by atoms with E-state index in [2.05, 4.69) is 18.7 Å². The molecule has 0 fully saturated rings. The molecular formula is C20H31N3O3. The van der Waals surface area contributed by atoms with Crippen LogP contribution in [0, 0.1) is 0 Å². The number of benzene rings is 1. The van der Waals surface area contributed by atoms with Gasteiger partial charge in [0.15, 0.2) is 0 Å². The molecule has 1 aliphatic heterocycles. The van der Waals surface area contributed by atoms with E-state index in [-0.39, 0.29) is 23.9 Å². The number of hydrogen-bond acceptors (Lipinski definition) is 4. The number of carbonyl (C=O) groups is 2. The maximum Gasteiger partial charge on any atom is 0.253 e. The first-order valence-electron chi connectivity index (χ1n) is 9.27. The normalized spacial score (nSPS) is 16.1. The van der Waals surface area contributed by atoms with Gasteiger partial charge in [-0.25, -0.2) is 0 Å². The van der Waals surface area contributed by atoms with E-state index in [1.807, 2.05) is 31.1 Å². The van der Waals surface area contributed by atoms with Crippen molar-refractivity contribution in [2.45, 2.75) is 45.2 Å². The Hall–Kier alpha value is -2.24. The number of fused-ring (bicyclic) bond motifs is 1. The second-order valence-electron chi connectivity index (χ2n) is 7.14. The molecule has 1 aromatic rings. The molecule has 0 unspecified atom stereocenters. The van der Waals surface area contributed by atoms with Gasteiger partial charge in [-0.1, -0.05) is 13.8 Å². The van der Waals surface area contributed by atoms with Crippen LogP contribution in [0.15, 0.2) is 18.2 Å². The molecule has 1 aromatic carbocycles. The third kappa shape index (κ3) is 4.11. The van der Waals surface area contributed by atoms with E-state index < -0.39 is 0 Å². The van der Waals surface area contributed by atoms with Crippen LogP contribution in [0.1, 0.15) is 43.5 Å². The number of likely N-dealkylation sites (N-methyl/N-ethyl adjacent to an activating group) is 1. The van der Waals surface area contributed by atoms with Crippen LogP contribution in [0.2, 0.25) is 0 Å². The molecule has 1 heterocycles. The molecule has 0 saturated carbocycles. The summed E-state index contributed by atoms with van der Waals surface area (Å²) in [6.45, 7) is 4.67. The fourth-order valence-corrected chi connectivity index (χ4v) is 3.38. The molecule has 2 rings (SSSR count). The predicted molar refractivity (Wildman–Crippen MR) is 104 cm³/mol. The van der Waals surface area contributed by atoms with Gasteiger partial charge in [0.25, 0.3) is 5.91 Å². The van der Waals surface area contributed by atoms with Gasteiger partial charge in [-0.15, -0.1) is 0 Å². The molecule has 144 valence electrons. The fraction of sp³-hybridized carbons (Fsp3) is 0.600. The second kappa shape index (κ2) is 8.43. The van der Waals surface area contributed by atoms with Crippen molar-refractivity contribution in [2.24, 2.45) is 0 Å². The maximum atomic E-state index is 12.7. The molecule has 2 amide bonds. The summed E-state index contributed by atoms with van der Waals surface area (Å²) < 4.78 is 5.86. The van der Waals surface area contributed by atoms with Crippen LogP contribution >= 0.6 is 0 Å². The highest BCUT2D eigenvalue weighted by atomic mass is 16.5. The topological polar surface area (TPSA) is 53.1 Å². The Bertz CT molecular complexity index is 656. The number of amides is 2. The van der Waals surface area contributed by atoms with Gasteiger partial charge in [0, 0.05) is 39.8 Å². The van der Waals surface area contributed by atoms with Gasteiger partial charge in [-0.2, -0.15) is 0 Å². The van der Waals surface area contributed by atoms with Crippen molar-refractivity contribution in [1.29, 1.82) is 0 Å². The van der Waals surface area contributed by atoms with E-state index in [0.29, 0.717) is 18.6 Å². The first-order chi connectivity index (χ1) is 12.3. The van der Waals surface area contributed by atoms with Crippen LogP contribution in [0.5, 0.6) is 5.75 Å². The zero-order valence-corrected chi connectivity index (χ0v) is 16.8. The third-order valence-corrected chi connectivity index (χ3v) is 5.26. The molecule has 0 radical (unpaired) electrons. The van der Waals surface area contributed by atoms with Crippen LogP contribution in [0.25, 0.3) is 0 Å². The van der Waals surface area contributed by atoms with E-state index in [1.165, 1.54) is 0 Å². The summed E-state index contributed by atoms with van der Waals surface area (Å²) in [6.07, 6.45) is 2.30. The average molecular weight is 361 g/mol. The van der Waals surface area contributed by atoms with Crippen LogP contribution in [0.4, 0.5) is 5.69 Å². The lowest BCUT2D eigenvalue weighted by Crippen LogP contribution is -2.46. The van der Waals surface area contributed by atoms with Crippen LogP contribution in [-0.2, 0) is 4.79 Å². The first kappa shape index (κ1) is 20.1. The quantitative estimate of drug-likeness (QED) is 0.782. The monoisotopic (exact) mass is 361 g/mol. The smallest absolute Gasteiger partial charge is 0.253 e. The summed E-state index contributed by atoms with van der Waals surface area (Å²) in [7, 11) is 7.31. The molecule has 6 heteroatoms. The molecule has 6 nitrogen and oxygen atoms in total. The van der Waals surface area contributed by atoms with Crippen LogP contribution in [0.3, 0.4) is 0 Å². The highest BCUT2D eigenvalue weighted by molar-refractivity contribution is 5.95. The summed E-state index contributed by atoms with van der Waals surface area (Å²) in [5, 5.41) is 0. The summed E-state index contributed by atoms with van der Waals surface area (Å²) in [5.74, 6) is 0.829. The number of nitrogens with zero attached hydrogens (tertiary/aromatic N) is 3. The molecule has 0 aliphatic carbocycles. The van der Waals surface area contributed by atoms with Gasteiger partial charge >= 0.3 is 0 Å². The lowest BCUT2D eigenvalue weighted by molar-refractivity contribution is -0.132. The number of ether oxygens (including phenoxy) is 1. The van der Waals surface area contributed by atoms with Crippen molar-refractivity contribution in [1.82, 2.24) is 9.80 Å². The molecule has 0 bridgehead atoms. The van der Waals surface area contributed by atoms with Crippen molar-refractivity contribution < 1.29 is 14.3 Å². The van der Waals surface area contributed by atoms with Gasteiger partial charge in [0.05, 0.1) is 18.2 Å². The Morgan fingerprint density at radius 2 is 1.88 bits per heavy atom. The van der Waals surface area contributed by atoms with Gasteiger partial charge in [0.1, 0.15) is 12.4 Å². The highest BCUT2D eigenvalue weighted by Crippen LogP contribution is 2.35. The van der Waals surface area contributed by atoms with Gasteiger partial charge in [0.2, 0.25) is 5.91 Å². The summed E-state index contributed by atoms with van der Waals surface area (Å²) in [6, 6.07) is 5.68. The van der Waals surface area contributed by atoms with Gasteiger partial charge in [-0.05, 0) is 31.0 Å². The van der Waals surface area contributed by atoms with Gasteiger partial charge < -0.3 is 19.4 Å². The Morgan fingerprint density at radius 1 is 1.23 bits per heavy atom. The third-order valence-electron chi connectivity index (χ3n) is 5.26. The second-order valence-corrected chi connectivity index (χ2v) is 7.14. The Labute approximate surface area is 156 Å². The van der Waals surface area contributed by atoms with Gasteiger partial charge in [-0.3, -0.25) is 9.59 Å². The predicted octanol–water partition coefficient (Wildman–Crippen LogP) is 2.62. The lowest BCUT2D eigenvalue weighted by Gasteiger charge is -2.37. The van der Waals surface area contributed by atoms with Crippen molar-refractivity contribution in [2.75, 3.05) is 39.7 Å². The number of carbonyl (C=O) groups excluding carboxylic acids is 2. The molecule has 26 heavy (non-hydrogen) atoms. The SMILES string of the molecule is CCC(CC)N(C)C(=O)C[C@@H]1COc2ccc(C(=O)N(C)C)cc2N1C. The zero-order valence-electron chi connectivity index (χ0n) is 16.8. The molecule has 0 aromatic heterocycles. The molecule has 1 atom stereocenters. The summed E-state index contributed by atoms with van der Waals surface area (Å²) >= 11 is 0. The molecule has 0 spiro atoms. The number of hydrogen-bond donors (Lipinski definition) is 0. The Morgan fingerprint density at radius 3 is 2.46 bits per heavy atom. The van der Waals surface area contributed by atoms with Crippen LogP contribution < -0.4 is 9.64 Å². The molecular weight excluding hydrogens is 330 g/mol. The highest BCUT2D eigenvalue weighted by Gasteiger charge is 2.29. The summed E-state index contributed by atoms with van der Waals surface area (Å²) in [4.78, 5) is 30.4. The van der Waals surface area contributed by atoms with Crippen LogP contribution in [-0.4, -0.2) is 68.5 Å². The Kier molecular flexibility index (Phi) is 6.51. The lowest BCUT2D eigenvalue weighted by atomic mass is 10.1. The molecule has 1 aliphatic rings. The van der Waals surface area contributed by atoms with E-state index in [0.717, 1.165) is 24.3 Å². The minimum atomic E-state index is -0.0483. The summed E-state index contributed by atoms with van der Waals surface area (Å²) in [5.41, 5.74) is 1.47. The standard InChI is InChI=1S/C20H31N3O3/c1-7-15(8-2)23(6)19(24)12-16-13-26-18-10-9-14(20(25)21(3)4)11-17(18)22(16)5/h9-11,15-16H,7-8,12-13H2,1-6H3/t16-/m1/s1. The fourth-order valence-electron chi connectivity index (χ4n) is 3.38. The molecule has 0 saturated heterocycles. The average Bonchev–Trinajstić information content (AvgIpc) is 2.63. The first-order valence-corrected chi connectivity index (χ1v) is 9.27. The van der Waals surface area contributed by atoms with E-state index in [1.54, 1.807) is 25.1 Å². The van der Waals surface area contributed by atoms with Crippen molar-refractivity contribution in [3.63, 3.8) is 0 Å². The van der Waals surface area contributed by atoms with Crippen molar-refractivity contribution in [3.05, 3.63) is 23.8 Å². The zero-order chi connectivity index (χ0) is 19.4. The Balaban J connectivity index is 2.15. The largest absolute Gasteiger partial charge is 0.489 e. The molecule has 0 N–H and O–H groups in total. The van der Waals surface area contributed by atoms with Crippen molar-refractivity contribution in [3.8, 4) is 5.75 Å². The van der Waals surface area contributed by atoms with E-state index in [4.69, 9.17) is 4.74 Å². The minimum absolute atomic E-state index is 0.0449.